The molecule has 0 aliphatic rings. The second kappa shape index (κ2) is 5.16. The van der Waals surface area contributed by atoms with Crippen molar-refractivity contribution in [1.82, 2.24) is 0 Å². The predicted molar refractivity (Wildman–Crippen MR) is 65.7 cm³/mol. The van der Waals surface area contributed by atoms with Gasteiger partial charge >= 0.3 is 0 Å². The zero-order valence-electron chi connectivity index (χ0n) is 8.03. The Morgan fingerprint density at radius 1 is 1.15 bits per heavy atom. The SMILES string of the molecule is Cc1cc(CCCBr)cc(C)c1Br. The Bertz CT molecular complexity index is 269. The summed E-state index contributed by atoms with van der Waals surface area (Å²) < 4.78 is 1.25. The normalized spacial score (nSPS) is 10.5. The average molecular weight is 306 g/mol. The van der Waals surface area contributed by atoms with E-state index >= 15 is 0 Å². The Morgan fingerprint density at radius 3 is 2.15 bits per heavy atom. The molecule has 0 aliphatic heterocycles. The Kier molecular flexibility index (Phi) is 4.47. The molecule has 0 atom stereocenters. The minimum atomic E-state index is 1.08. The van der Waals surface area contributed by atoms with Gasteiger partial charge in [0.15, 0.2) is 0 Å². The number of alkyl halides is 1. The van der Waals surface area contributed by atoms with E-state index in [0.29, 0.717) is 0 Å². The fourth-order valence-electron chi connectivity index (χ4n) is 1.45. The van der Waals surface area contributed by atoms with Crippen molar-refractivity contribution in [2.24, 2.45) is 0 Å². The summed E-state index contributed by atoms with van der Waals surface area (Å²) in [5, 5.41) is 1.08. The summed E-state index contributed by atoms with van der Waals surface area (Å²) in [6, 6.07) is 4.53. The van der Waals surface area contributed by atoms with Gasteiger partial charge in [-0.25, -0.2) is 0 Å². The van der Waals surface area contributed by atoms with Crippen molar-refractivity contribution in [3.63, 3.8) is 0 Å². The maximum Gasteiger partial charge on any atom is 0.0233 e. The van der Waals surface area contributed by atoms with Gasteiger partial charge in [0.2, 0.25) is 0 Å². The van der Waals surface area contributed by atoms with Gasteiger partial charge in [-0.15, -0.1) is 0 Å². The van der Waals surface area contributed by atoms with Crippen LogP contribution in [0.15, 0.2) is 16.6 Å². The largest absolute Gasteiger partial charge is 0.0928 e. The third-order valence-electron chi connectivity index (χ3n) is 2.10. The molecule has 72 valence electrons. The molecule has 1 aromatic rings. The summed E-state index contributed by atoms with van der Waals surface area (Å²) in [5.41, 5.74) is 4.12. The number of benzene rings is 1. The number of halogens is 2. The lowest BCUT2D eigenvalue weighted by Gasteiger charge is -2.06. The van der Waals surface area contributed by atoms with E-state index < -0.39 is 0 Å². The van der Waals surface area contributed by atoms with Gasteiger partial charge < -0.3 is 0 Å². The van der Waals surface area contributed by atoms with Gasteiger partial charge in [0.25, 0.3) is 0 Å². The summed E-state index contributed by atoms with van der Waals surface area (Å²) in [7, 11) is 0. The van der Waals surface area contributed by atoms with Crippen molar-refractivity contribution in [1.29, 1.82) is 0 Å². The molecular formula is C11H14Br2. The van der Waals surface area contributed by atoms with Crippen LogP contribution in [0, 0.1) is 13.8 Å². The lowest BCUT2D eigenvalue weighted by Crippen LogP contribution is -1.90. The molecule has 1 rings (SSSR count). The summed E-state index contributed by atoms with van der Waals surface area (Å²) in [5.74, 6) is 0. The molecule has 13 heavy (non-hydrogen) atoms. The molecule has 0 heterocycles. The number of hydrogen-bond donors (Lipinski definition) is 0. The van der Waals surface area contributed by atoms with Crippen LogP contribution in [-0.4, -0.2) is 5.33 Å². The minimum Gasteiger partial charge on any atom is -0.0928 e. The summed E-state index contributed by atoms with van der Waals surface area (Å²) >= 11 is 7.02. The smallest absolute Gasteiger partial charge is 0.0233 e. The van der Waals surface area contributed by atoms with E-state index in [2.05, 4.69) is 57.8 Å². The Hall–Kier alpha value is 0.180. The zero-order chi connectivity index (χ0) is 9.84. The molecule has 0 amide bonds. The van der Waals surface area contributed by atoms with Crippen molar-refractivity contribution in [3.05, 3.63) is 33.3 Å². The first-order valence-electron chi connectivity index (χ1n) is 4.46. The molecule has 0 fully saturated rings. The standard InChI is InChI=1S/C11H14Br2/c1-8-6-10(4-3-5-12)7-9(2)11(8)13/h6-7H,3-5H2,1-2H3. The van der Waals surface area contributed by atoms with Gasteiger partial charge in [0, 0.05) is 9.80 Å². The second-order valence-corrected chi connectivity index (χ2v) is 4.92. The fourth-order valence-corrected chi connectivity index (χ4v) is 1.96. The maximum atomic E-state index is 3.57. The van der Waals surface area contributed by atoms with E-state index in [4.69, 9.17) is 0 Å². The molecule has 1 aromatic carbocycles. The molecule has 2 heteroatoms. The van der Waals surface area contributed by atoms with E-state index in [-0.39, 0.29) is 0 Å². The summed E-state index contributed by atoms with van der Waals surface area (Å²) in [4.78, 5) is 0. The van der Waals surface area contributed by atoms with Crippen LogP contribution in [0.1, 0.15) is 23.1 Å². The molecule has 0 N–H and O–H groups in total. The predicted octanol–water partition coefficient (Wildman–Crippen LogP) is 4.39. The van der Waals surface area contributed by atoms with E-state index in [9.17, 15) is 0 Å². The Balaban J connectivity index is 2.86. The second-order valence-electron chi connectivity index (χ2n) is 3.34. The van der Waals surface area contributed by atoms with Crippen LogP contribution in [0.5, 0.6) is 0 Å². The number of aryl methyl sites for hydroxylation is 3. The van der Waals surface area contributed by atoms with Gasteiger partial charge in [0.1, 0.15) is 0 Å². The summed E-state index contributed by atoms with van der Waals surface area (Å²) in [6.45, 7) is 4.30. The first-order valence-corrected chi connectivity index (χ1v) is 6.38. The van der Waals surface area contributed by atoms with Crippen LogP contribution < -0.4 is 0 Å². The van der Waals surface area contributed by atoms with Crippen LogP contribution in [-0.2, 0) is 6.42 Å². The molecule has 0 unspecified atom stereocenters. The van der Waals surface area contributed by atoms with Gasteiger partial charge in [-0.05, 0) is 43.4 Å². The first kappa shape index (κ1) is 11.3. The Morgan fingerprint density at radius 2 is 1.69 bits per heavy atom. The molecule has 0 aromatic heterocycles. The highest BCUT2D eigenvalue weighted by Gasteiger charge is 2.01. The highest BCUT2D eigenvalue weighted by molar-refractivity contribution is 9.10. The molecule has 0 saturated heterocycles. The van der Waals surface area contributed by atoms with Crippen molar-refractivity contribution in [3.8, 4) is 0 Å². The quantitative estimate of drug-likeness (QED) is 0.726. The molecule has 0 saturated carbocycles. The first-order chi connectivity index (χ1) is 6.15. The molecule has 0 radical (unpaired) electrons. The monoisotopic (exact) mass is 304 g/mol. The van der Waals surface area contributed by atoms with Gasteiger partial charge in [-0.2, -0.15) is 0 Å². The van der Waals surface area contributed by atoms with E-state index in [1.54, 1.807) is 0 Å². The Labute approximate surface area is 97.0 Å². The average Bonchev–Trinajstić information content (AvgIpc) is 2.10. The molecule has 0 nitrogen and oxygen atoms in total. The third kappa shape index (κ3) is 3.10. The van der Waals surface area contributed by atoms with Gasteiger partial charge in [-0.3, -0.25) is 0 Å². The molecule has 0 bridgehead atoms. The van der Waals surface area contributed by atoms with Crippen molar-refractivity contribution < 1.29 is 0 Å². The van der Waals surface area contributed by atoms with Crippen molar-refractivity contribution in [2.75, 3.05) is 5.33 Å². The van der Waals surface area contributed by atoms with Crippen LogP contribution in [0.2, 0.25) is 0 Å². The van der Waals surface area contributed by atoms with Gasteiger partial charge in [0.05, 0.1) is 0 Å². The van der Waals surface area contributed by atoms with Crippen LogP contribution >= 0.6 is 31.9 Å². The van der Waals surface area contributed by atoms with Crippen LogP contribution in [0.4, 0.5) is 0 Å². The van der Waals surface area contributed by atoms with Crippen LogP contribution in [0.25, 0.3) is 0 Å². The maximum absolute atomic E-state index is 3.57. The highest BCUT2D eigenvalue weighted by atomic mass is 79.9. The number of hydrogen-bond acceptors (Lipinski definition) is 0. The minimum absolute atomic E-state index is 1.08. The van der Waals surface area contributed by atoms with Crippen LogP contribution in [0.3, 0.4) is 0 Å². The molecular weight excluding hydrogens is 292 g/mol. The fraction of sp³-hybridized carbons (Fsp3) is 0.455. The highest BCUT2D eigenvalue weighted by Crippen LogP contribution is 2.23. The third-order valence-corrected chi connectivity index (χ3v) is 3.91. The number of rotatable bonds is 3. The lowest BCUT2D eigenvalue weighted by molar-refractivity contribution is 0.934. The lowest BCUT2D eigenvalue weighted by atomic mass is 10.0. The van der Waals surface area contributed by atoms with E-state index in [0.717, 1.165) is 5.33 Å². The van der Waals surface area contributed by atoms with E-state index in [1.807, 2.05) is 0 Å². The topological polar surface area (TPSA) is 0 Å². The van der Waals surface area contributed by atoms with Crippen molar-refractivity contribution >= 4 is 31.9 Å². The molecule has 0 spiro atoms. The summed E-state index contributed by atoms with van der Waals surface area (Å²) in [6.07, 6.45) is 2.38. The van der Waals surface area contributed by atoms with E-state index in [1.165, 1.54) is 34.0 Å². The van der Waals surface area contributed by atoms with Gasteiger partial charge in [-0.1, -0.05) is 44.0 Å². The van der Waals surface area contributed by atoms with Crippen molar-refractivity contribution in [2.45, 2.75) is 26.7 Å². The zero-order valence-corrected chi connectivity index (χ0v) is 11.2. The molecule has 0 aliphatic carbocycles.